The van der Waals surface area contributed by atoms with E-state index in [4.69, 9.17) is 4.74 Å². The van der Waals surface area contributed by atoms with Crippen LogP contribution in [-0.2, 0) is 9.53 Å². The van der Waals surface area contributed by atoms with Crippen LogP contribution in [0, 0.1) is 0 Å². The second kappa shape index (κ2) is 11.9. The van der Waals surface area contributed by atoms with Crippen molar-refractivity contribution in [2.75, 3.05) is 30.3 Å². The molecule has 7 heteroatoms. The lowest BCUT2D eigenvalue weighted by Gasteiger charge is -2.31. The van der Waals surface area contributed by atoms with E-state index in [1.54, 1.807) is 24.3 Å². The highest BCUT2D eigenvalue weighted by Crippen LogP contribution is 2.28. The average molecular weight is 472 g/mol. The van der Waals surface area contributed by atoms with Crippen LogP contribution in [0.5, 0.6) is 0 Å². The number of carbonyl (C=O) groups excluding carboxylic acids is 3. The second-order valence-electron chi connectivity index (χ2n) is 8.52. The van der Waals surface area contributed by atoms with Gasteiger partial charge in [-0.3, -0.25) is 14.9 Å². The van der Waals surface area contributed by atoms with Crippen LogP contribution >= 0.6 is 0 Å². The molecule has 1 aliphatic rings. The van der Waals surface area contributed by atoms with E-state index < -0.39 is 6.09 Å². The van der Waals surface area contributed by atoms with Crippen molar-refractivity contribution in [3.63, 3.8) is 0 Å². The van der Waals surface area contributed by atoms with Crippen molar-refractivity contribution in [2.45, 2.75) is 25.4 Å². The van der Waals surface area contributed by atoms with E-state index in [-0.39, 0.29) is 12.0 Å². The number of hydrogen-bond acceptors (Lipinski definition) is 5. The van der Waals surface area contributed by atoms with Gasteiger partial charge in [0.25, 0.3) is 0 Å². The highest BCUT2D eigenvalue weighted by molar-refractivity contribution is 5.92. The number of carbonyl (C=O) groups is 3. The number of rotatable bonds is 8. The summed E-state index contributed by atoms with van der Waals surface area (Å²) in [4.78, 5) is 37.7. The Hall–Kier alpha value is -3.97. The van der Waals surface area contributed by atoms with Crippen molar-refractivity contribution >= 4 is 29.7 Å². The summed E-state index contributed by atoms with van der Waals surface area (Å²) in [6.07, 6.45) is 1.99. The lowest BCUT2D eigenvalue weighted by molar-refractivity contribution is -0.116. The number of likely N-dealkylation sites (tertiary alicyclic amines) is 1. The number of piperidine rings is 1. The quantitative estimate of drug-likeness (QED) is 0.441. The molecule has 0 aliphatic carbocycles. The molecule has 3 aromatic carbocycles. The fourth-order valence-corrected chi connectivity index (χ4v) is 4.13. The van der Waals surface area contributed by atoms with Gasteiger partial charge in [-0.15, -0.1) is 0 Å². The number of amides is 2. The lowest BCUT2D eigenvalue weighted by Crippen LogP contribution is -2.39. The van der Waals surface area contributed by atoms with Crippen LogP contribution < -0.4 is 10.6 Å². The number of para-hydroxylation sites is 1. The summed E-state index contributed by atoms with van der Waals surface area (Å²) >= 11 is 0. The standard InChI is InChI=1S/C28H29N3O4/c32-20-21-10-12-23(13-11-21)29-27(33)16-19-31-17-14-24(15-18-31)35-28(34)30-26-9-5-4-8-25(26)22-6-2-1-3-7-22/h1-13,20,24H,14-19H2,(H,29,33)(H,30,34). The summed E-state index contributed by atoms with van der Waals surface area (Å²) < 4.78 is 5.68. The van der Waals surface area contributed by atoms with E-state index in [0.717, 1.165) is 43.3 Å². The molecule has 3 aromatic rings. The molecule has 1 aliphatic heterocycles. The smallest absolute Gasteiger partial charge is 0.411 e. The normalized spacial score (nSPS) is 14.2. The molecule has 0 spiro atoms. The molecule has 0 atom stereocenters. The fourth-order valence-electron chi connectivity index (χ4n) is 4.13. The summed E-state index contributed by atoms with van der Waals surface area (Å²) in [6.45, 7) is 2.17. The number of nitrogens with one attached hydrogen (secondary N) is 2. The van der Waals surface area contributed by atoms with Gasteiger partial charge in [0.15, 0.2) is 0 Å². The first-order chi connectivity index (χ1) is 17.1. The van der Waals surface area contributed by atoms with Gasteiger partial charge >= 0.3 is 6.09 Å². The van der Waals surface area contributed by atoms with Gasteiger partial charge in [0.05, 0.1) is 5.69 Å². The zero-order chi connectivity index (χ0) is 24.5. The maximum atomic E-state index is 12.6. The molecule has 0 radical (unpaired) electrons. The Labute approximate surface area is 205 Å². The molecule has 1 heterocycles. The van der Waals surface area contributed by atoms with Gasteiger partial charge in [-0.05, 0) is 48.7 Å². The Morgan fingerprint density at radius 2 is 1.57 bits per heavy atom. The zero-order valence-electron chi connectivity index (χ0n) is 19.5. The molecule has 2 N–H and O–H groups in total. The maximum absolute atomic E-state index is 12.6. The third kappa shape index (κ3) is 7.01. The van der Waals surface area contributed by atoms with Gasteiger partial charge in [0.2, 0.25) is 5.91 Å². The van der Waals surface area contributed by atoms with Crippen LogP contribution in [0.4, 0.5) is 16.2 Å². The van der Waals surface area contributed by atoms with E-state index in [9.17, 15) is 14.4 Å². The summed E-state index contributed by atoms with van der Waals surface area (Å²) in [6, 6.07) is 24.3. The van der Waals surface area contributed by atoms with Crippen molar-refractivity contribution in [3.05, 3.63) is 84.4 Å². The SMILES string of the molecule is O=Cc1ccc(NC(=O)CCN2CCC(OC(=O)Nc3ccccc3-c3ccccc3)CC2)cc1. The third-order valence-electron chi connectivity index (χ3n) is 6.04. The molecule has 0 aromatic heterocycles. The zero-order valence-corrected chi connectivity index (χ0v) is 19.5. The van der Waals surface area contributed by atoms with Crippen LogP contribution in [0.3, 0.4) is 0 Å². The van der Waals surface area contributed by atoms with Crippen LogP contribution in [-0.4, -0.2) is 48.9 Å². The molecule has 0 bridgehead atoms. The van der Waals surface area contributed by atoms with Crippen molar-refractivity contribution < 1.29 is 19.1 Å². The van der Waals surface area contributed by atoms with E-state index >= 15 is 0 Å². The first-order valence-corrected chi connectivity index (χ1v) is 11.8. The Kier molecular flexibility index (Phi) is 8.25. The topological polar surface area (TPSA) is 87.7 Å². The Balaban J connectivity index is 1.19. The van der Waals surface area contributed by atoms with Gasteiger partial charge in [0, 0.05) is 42.9 Å². The van der Waals surface area contributed by atoms with Gasteiger partial charge in [-0.25, -0.2) is 4.79 Å². The van der Waals surface area contributed by atoms with Gasteiger partial charge in [-0.1, -0.05) is 48.5 Å². The number of ether oxygens (including phenoxy) is 1. The first kappa shape index (κ1) is 24.2. The minimum Gasteiger partial charge on any atom is -0.446 e. The van der Waals surface area contributed by atoms with Gasteiger partial charge in [-0.2, -0.15) is 0 Å². The van der Waals surface area contributed by atoms with E-state index in [2.05, 4.69) is 15.5 Å². The van der Waals surface area contributed by atoms with Crippen molar-refractivity contribution in [1.82, 2.24) is 4.90 Å². The van der Waals surface area contributed by atoms with E-state index in [1.807, 2.05) is 54.6 Å². The Morgan fingerprint density at radius 3 is 2.29 bits per heavy atom. The number of nitrogens with zero attached hydrogens (tertiary/aromatic N) is 1. The molecule has 7 nitrogen and oxygen atoms in total. The summed E-state index contributed by atoms with van der Waals surface area (Å²) in [5, 5.41) is 5.74. The molecule has 4 rings (SSSR count). The molecule has 180 valence electrons. The largest absolute Gasteiger partial charge is 0.446 e. The average Bonchev–Trinajstić information content (AvgIpc) is 2.89. The predicted octanol–water partition coefficient (Wildman–Crippen LogP) is 5.21. The van der Waals surface area contributed by atoms with E-state index in [1.165, 1.54) is 0 Å². The van der Waals surface area contributed by atoms with Gasteiger partial charge in [0.1, 0.15) is 12.4 Å². The predicted molar refractivity (Wildman–Crippen MR) is 137 cm³/mol. The fraction of sp³-hybridized carbons (Fsp3) is 0.250. The molecule has 0 unspecified atom stereocenters. The van der Waals surface area contributed by atoms with Crippen molar-refractivity contribution in [3.8, 4) is 11.1 Å². The monoisotopic (exact) mass is 471 g/mol. The van der Waals surface area contributed by atoms with Gasteiger partial charge < -0.3 is 15.0 Å². The third-order valence-corrected chi connectivity index (χ3v) is 6.04. The number of hydrogen-bond donors (Lipinski definition) is 2. The summed E-state index contributed by atoms with van der Waals surface area (Å²) in [5.41, 5.74) is 3.93. The highest BCUT2D eigenvalue weighted by atomic mass is 16.6. The minimum absolute atomic E-state index is 0.0707. The molecular formula is C28H29N3O4. The molecular weight excluding hydrogens is 442 g/mol. The summed E-state index contributed by atoms with van der Waals surface area (Å²) in [5.74, 6) is -0.0707. The van der Waals surface area contributed by atoms with Crippen molar-refractivity contribution in [2.24, 2.45) is 0 Å². The van der Waals surface area contributed by atoms with Crippen LogP contribution in [0.1, 0.15) is 29.6 Å². The van der Waals surface area contributed by atoms with Crippen LogP contribution in [0.2, 0.25) is 0 Å². The summed E-state index contributed by atoms with van der Waals surface area (Å²) in [7, 11) is 0. The van der Waals surface area contributed by atoms with Crippen LogP contribution in [0.25, 0.3) is 11.1 Å². The van der Waals surface area contributed by atoms with Crippen molar-refractivity contribution in [1.29, 1.82) is 0 Å². The minimum atomic E-state index is -0.452. The first-order valence-electron chi connectivity index (χ1n) is 11.8. The molecule has 2 amide bonds. The number of anilines is 2. The second-order valence-corrected chi connectivity index (χ2v) is 8.52. The maximum Gasteiger partial charge on any atom is 0.411 e. The number of aldehydes is 1. The lowest BCUT2D eigenvalue weighted by atomic mass is 10.0. The molecule has 1 fully saturated rings. The number of benzene rings is 3. The Morgan fingerprint density at radius 1 is 0.886 bits per heavy atom. The molecule has 35 heavy (non-hydrogen) atoms. The van der Waals surface area contributed by atoms with E-state index in [0.29, 0.717) is 29.9 Å². The van der Waals surface area contributed by atoms with Crippen LogP contribution in [0.15, 0.2) is 78.9 Å². The Bertz CT molecular complexity index is 1140. The highest BCUT2D eigenvalue weighted by Gasteiger charge is 2.23. The molecule has 0 saturated carbocycles. The molecule has 1 saturated heterocycles.